The monoisotopic (exact) mass is 422 g/mol. The van der Waals surface area contributed by atoms with Crippen LogP contribution in [0.2, 0.25) is 0 Å². The van der Waals surface area contributed by atoms with Gasteiger partial charge in [0.05, 0.1) is 19.7 Å². The van der Waals surface area contributed by atoms with Gasteiger partial charge in [-0.25, -0.2) is 0 Å². The zero-order valence-electron chi connectivity index (χ0n) is 18.0. The topological polar surface area (TPSA) is 45.1 Å². The van der Waals surface area contributed by atoms with E-state index >= 15 is 0 Å². The van der Waals surface area contributed by atoms with Gasteiger partial charge in [-0.1, -0.05) is 72.8 Å². The Morgan fingerprint density at radius 3 is 2.44 bits per heavy atom. The molecule has 1 aliphatic rings. The molecule has 1 heterocycles. The molecule has 3 aromatic rings. The van der Waals surface area contributed by atoms with Crippen LogP contribution in [0.3, 0.4) is 0 Å². The number of hydrogen-bond acceptors (Lipinski definition) is 4. The molecule has 0 unspecified atom stereocenters. The Morgan fingerprint density at radius 2 is 1.69 bits per heavy atom. The highest BCUT2D eigenvalue weighted by molar-refractivity contribution is 5.84. The second kappa shape index (κ2) is 10.3. The zero-order valence-corrected chi connectivity index (χ0v) is 18.0. The molecule has 4 heteroatoms. The molecule has 1 aliphatic heterocycles. The van der Waals surface area contributed by atoms with Gasteiger partial charge >= 0.3 is 0 Å². The highest BCUT2D eigenvalue weighted by Crippen LogP contribution is 2.32. The quantitative estimate of drug-likeness (QED) is 0.476. The third kappa shape index (κ3) is 4.98. The molecular weight excluding hydrogens is 396 g/mol. The Bertz CT molecular complexity index is 1150. The predicted octanol–water partition coefficient (Wildman–Crippen LogP) is 5.99. The molecule has 0 spiro atoms. The second-order valence-corrected chi connectivity index (χ2v) is 7.40. The van der Waals surface area contributed by atoms with Gasteiger partial charge < -0.3 is 14.7 Å². The third-order valence-corrected chi connectivity index (χ3v) is 5.31. The maximum atomic E-state index is 9.87. The molecular formula is C28H26N2O2. The summed E-state index contributed by atoms with van der Waals surface area (Å²) in [4.78, 5) is 7.03. The molecule has 4 nitrogen and oxygen atoms in total. The maximum Gasteiger partial charge on any atom is 0.127 e. The summed E-state index contributed by atoms with van der Waals surface area (Å²) in [5, 5.41) is 9.87. The lowest BCUT2D eigenvalue weighted by Gasteiger charge is -2.32. The number of hydrogen-bond donors (Lipinski definition) is 1. The summed E-state index contributed by atoms with van der Waals surface area (Å²) in [6, 6.07) is 25.7. The van der Waals surface area contributed by atoms with E-state index in [4.69, 9.17) is 9.73 Å². The van der Waals surface area contributed by atoms with E-state index in [1.807, 2.05) is 24.3 Å². The molecule has 0 saturated carbocycles. The summed E-state index contributed by atoms with van der Waals surface area (Å²) in [5.74, 6) is 0.856. The average Bonchev–Trinajstić information content (AvgIpc) is 3.09. The van der Waals surface area contributed by atoms with Gasteiger partial charge in [-0.3, -0.25) is 4.99 Å². The first kappa shape index (κ1) is 21.2. The number of allylic oxidation sites excluding steroid dienone is 4. The van der Waals surface area contributed by atoms with Gasteiger partial charge in [0.2, 0.25) is 0 Å². The van der Waals surface area contributed by atoms with Gasteiger partial charge in [-0.2, -0.15) is 0 Å². The highest BCUT2D eigenvalue weighted by atomic mass is 16.5. The normalized spacial score (nSPS) is 14.3. The Kier molecular flexibility index (Phi) is 6.83. The highest BCUT2D eigenvalue weighted by Gasteiger charge is 2.22. The van der Waals surface area contributed by atoms with Crippen LogP contribution in [0, 0.1) is 0 Å². The number of phenols is 1. The summed E-state index contributed by atoms with van der Waals surface area (Å²) in [6.07, 6.45) is 12.1. The number of methoxy groups -OCH3 is 1. The molecule has 32 heavy (non-hydrogen) atoms. The van der Waals surface area contributed by atoms with Crippen LogP contribution >= 0.6 is 0 Å². The molecule has 160 valence electrons. The van der Waals surface area contributed by atoms with Crippen molar-refractivity contribution in [3.05, 3.63) is 126 Å². The van der Waals surface area contributed by atoms with Crippen LogP contribution in [0.5, 0.6) is 11.5 Å². The molecule has 0 amide bonds. The zero-order chi connectivity index (χ0) is 22.2. The van der Waals surface area contributed by atoms with Crippen LogP contribution < -0.4 is 4.74 Å². The SMILES string of the molecule is COc1ccc(O)cc1/C=N/C[C@@H](c1ccccc1)N1C=CC=CC=C1c1ccccc1. The summed E-state index contributed by atoms with van der Waals surface area (Å²) >= 11 is 0. The largest absolute Gasteiger partial charge is 0.508 e. The Labute approximate surface area is 189 Å². The number of ether oxygens (including phenoxy) is 1. The first-order valence-corrected chi connectivity index (χ1v) is 10.6. The van der Waals surface area contributed by atoms with Gasteiger partial charge in [0.1, 0.15) is 11.5 Å². The smallest absolute Gasteiger partial charge is 0.127 e. The number of benzene rings is 3. The molecule has 1 atom stereocenters. The number of nitrogens with zero attached hydrogens (tertiary/aromatic N) is 2. The minimum absolute atomic E-state index is 0.0154. The molecule has 1 N–H and O–H groups in total. The van der Waals surface area contributed by atoms with Gasteiger partial charge in [-0.15, -0.1) is 0 Å². The lowest BCUT2D eigenvalue weighted by molar-refractivity contribution is 0.401. The van der Waals surface area contributed by atoms with E-state index in [0.717, 1.165) is 16.8 Å². The fraction of sp³-hybridized carbons (Fsp3) is 0.107. The fourth-order valence-corrected chi connectivity index (χ4v) is 3.75. The fourth-order valence-electron chi connectivity index (χ4n) is 3.75. The van der Waals surface area contributed by atoms with Gasteiger partial charge in [0.15, 0.2) is 0 Å². The van der Waals surface area contributed by atoms with Gasteiger partial charge in [-0.05, 0) is 41.5 Å². The standard InChI is InChI=1S/C28H26N2O2/c1-32-28-17-16-25(31)19-24(28)20-29-21-27(23-13-7-3-8-14-23)30-18-10-4-9-15-26(30)22-11-5-2-6-12-22/h2-20,27,31H,21H2,1H3/b29-20+/t27-/m0/s1. The second-order valence-electron chi connectivity index (χ2n) is 7.40. The Hall–Kier alpha value is -4.05. The maximum absolute atomic E-state index is 9.87. The van der Waals surface area contributed by atoms with E-state index in [9.17, 15) is 5.11 Å². The van der Waals surface area contributed by atoms with Crippen LogP contribution in [0.4, 0.5) is 0 Å². The summed E-state index contributed by atoms with van der Waals surface area (Å²) < 4.78 is 5.41. The van der Waals surface area contributed by atoms with E-state index in [1.54, 1.807) is 31.5 Å². The summed E-state index contributed by atoms with van der Waals surface area (Å²) in [7, 11) is 1.61. The van der Waals surface area contributed by atoms with E-state index in [1.165, 1.54) is 5.56 Å². The van der Waals surface area contributed by atoms with Crippen molar-refractivity contribution in [1.82, 2.24) is 4.90 Å². The van der Waals surface area contributed by atoms with Crippen LogP contribution in [-0.2, 0) is 0 Å². The number of rotatable bonds is 7. The molecule has 0 saturated heterocycles. The van der Waals surface area contributed by atoms with E-state index in [0.29, 0.717) is 12.3 Å². The van der Waals surface area contributed by atoms with E-state index in [-0.39, 0.29) is 11.8 Å². The summed E-state index contributed by atoms with van der Waals surface area (Å²) in [5.41, 5.74) is 4.16. The predicted molar refractivity (Wildman–Crippen MR) is 131 cm³/mol. The molecule has 0 aromatic heterocycles. The van der Waals surface area contributed by atoms with Crippen LogP contribution in [-0.4, -0.2) is 29.9 Å². The van der Waals surface area contributed by atoms with Crippen molar-refractivity contribution in [1.29, 1.82) is 0 Å². The van der Waals surface area contributed by atoms with Crippen molar-refractivity contribution < 1.29 is 9.84 Å². The van der Waals surface area contributed by atoms with Crippen molar-refractivity contribution in [3.63, 3.8) is 0 Å². The van der Waals surface area contributed by atoms with E-state index < -0.39 is 0 Å². The van der Waals surface area contributed by atoms with Crippen LogP contribution in [0.25, 0.3) is 5.70 Å². The van der Waals surface area contributed by atoms with Gasteiger partial charge in [0, 0.05) is 23.7 Å². The number of phenolic OH excluding ortho intramolecular Hbond substituents is 1. The van der Waals surface area contributed by atoms with Gasteiger partial charge in [0.25, 0.3) is 0 Å². The third-order valence-electron chi connectivity index (χ3n) is 5.31. The number of aliphatic imine (C=N–C) groups is 1. The Morgan fingerprint density at radius 1 is 0.938 bits per heavy atom. The lowest BCUT2D eigenvalue weighted by Crippen LogP contribution is -2.24. The van der Waals surface area contributed by atoms with Crippen molar-refractivity contribution in [2.75, 3.05) is 13.7 Å². The van der Waals surface area contributed by atoms with Crippen LogP contribution in [0.1, 0.15) is 22.7 Å². The van der Waals surface area contributed by atoms with Crippen molar-refractivity contribution in [3.8, 4) is 11.5 Å². The molecule has 0 fully saturated rings. The minimum atomic E-state index is -0.0154. The molecule has 3 aromatic carbocycles. The minimum Gasteiger partial charge on any atom is -0.508 e. The number of aromatic hydroxyl groups is 1. The lowest BCUT2D eigenvalue weighted by atomic mass is 10.0. The molecule has 0 radical (unpaired) electrons. The van der Waals surface area contributed by atoms with Crippen molar-refractivity contribution in [2.24, 2.45) is 4.99 Å². The van der Waals surface area contributed by atoms with Crippen LogP contribution in [0.15, 0.2) is 114 Å². The molecule has 0 aliphatic carbocycles. The van der Waals surface area contributed by atoms with Crippen molar-refractivity contribution in [2.45, 2.75) is 6.04 Å². The Balaban J connectivity index is 1.69. The first-order valence-electron chi connectivity index (χ1n) is 10.6. The molecule has 4 rings (SSSR count). The molecule has 0 bridgehead atoms. The summed E-state index contributed by atoms with van der Waals surface area (Å²) in [6.45, 7) is 0.525. The van der Waals surface area contributed by atoms with Crippen molar-refractivity contribution >= 4 is 11.9 Å². The first-order chi connectivity index (χ1) is 15.8. The average molecular weight is 423 g/mol. The van der Waals surface area contributed by atoms with E-state index in [2.05, 4.69) is 71.8 Å².